The van der Waals surface area contributed by atoms with E-state index >= 15 is 0 Å². The van der Waals surface area contributed by atoms with Crippen molar-refractivity contribution in [1.82, 2.24) is 0 Å². The van der Waals surface area contributed by atoms with E-state index in [1.54, 1.807) is 0 Å². The molecule has 0 spiro atoms. The van der Waals surface area contributed by atoms with Gasteiger partial charge in [0.25, 0.3) is 0 Å². The van der Waals surface area contributed by atoms with Crippen LogP contribution < -0.4 is 0 Å². The topological polar surface area (TPSA) is 17.1 Å². The van der Waals surface area contributed by atoms with Crippen LogP contribution in [0.2, 0.25) is 0 Å². The Bertz CT molecular complexity index is 153. The number of unbranched alkanes of at least 4 members (excludes halogenated alkanes) is 12. The van der Waals surface area contributed by atoms with Gasteiger partial charge in [0.2, 0.25) is 0 Å². The van der Waals surface area contributed by atoms with Gasteiger partial charge in [-0.1, -0.05) is 84.0 Å². The zero-order valence-corrected chi connectivity index (χ0v) is 14.8. The molecule has 2 heteroatoms. The average Bonchev–Trinajstić information content (AvgIpc) is 2.35. The molecule has 0 bridgehead atoms. The predicted octanol–water partition coefficient (Wildman–Crippen LogP) is 6.32. The smallest absolute Gasteiger partial charge is 0.343 e. The maximum atomic E-state index is 9.33. The molecule has 0 aliphatic carbocycles. The second-order valence-corrected chi connectivity index (χ2v) is 5.44. The number of ketones is 1. The van der Waals surface area contributed by atoms with E-state index in [0.29, 0.717) is 0 Å². The summed E-state index contributed by atoms with van der Waals surface area (Å²) >= 11 is 0. The minimum atomic E-state index is -0.0833. The Morgan fingerprint density at radius 3 is 1.25 bits per heavy atom. The van der Waals surface area contributed by atoms with E-state index in [0.717, 1.165) is 6.42 Å². The Kier molecular flexibility index (Phi) is 30.1. The van der Waals surface area contributed by atoms with Crippen molar-refractivity contribution in [3.05, 3.63) is 13.8 Å². The number of Topliss-reactive ketones (excluding diaryl/α,β-unsaturated/α-hetero) is 1. The van der Waals surface area contributed by atoms with Crippen LogP contribution in [0.5, 0.6) is 0 Å². The van der Waals surface area contributed by atoms with Crippen LogP contribution in [-0.4, -0.2) is 5.78 Å². The van der Waals surface area contributed by atoms with E-state index in [4.69, 9.17) is 0 Å². The molecule has 0 amide bonds. The Morgan fingerprint density at radius 2 is 1.00 bits per heavy atom. The van der Waals surface area contributed by atoms with Crippen molar-refractivity contribution in [3.63, 3.8) is 0 Å². The molecule has 0 radical (unpaired) electrons. The third-order valence-electron chi connectivity index (χ3n) is 3.10. The number of hydrogen-bond acceptors (Lipinski definition) is 1. The molecular weight excluding hydrogens is 291 g/mol. The molecule has 0 fully saturated rings. The molecule has 0 unspecified atom stereocenters. The molecule has 124 valence electrons. The van der Waals surface area contributed by atoms with E-state index in [-0.39, 0.29) is 22.3 Å². The minimum absolute atomic E-state index is 0. The number of carbonyl (C=O) groups excluding carboxylic acids is 1. The van der Waals surface area contributed by atoms with Crippen LogP contribution in [0.4, 0.5) is 0 Å². The second-order valence-electron chi connectivity index (χ2n) is 5.44. The third-order valence-corrected chi connectivity index (χ3v) is 3.10. The van der Waals surface area contributed by atoms with Gasteiger partial charge >= 0.3 is 16.5 Å². The van der Waals surface area contributed by atoms with Crippen LogP contribution in [-0.2, 0) is 21.3 Å². The van der Waals surface area contributed by atoms with Gasteiger partial charge in [0.15, 0.2) is 0 Å². The summed E-state index contributed by atoms with van der Waals surface area (Å²) in [6.45, 7) is 10.6. The molecule has 20 heavy (non-hydrogen) atoms. The average molecular weight is 327 g/mol. The summed E-state index contributed by atoms with van der Waals surface area (Å²) in [6.07, 6.45) is 18.3. The van der Waals surface area contributed by atoms with Gasteiger partial charge in [-0.2, -0.15) is 6.42 Å². The van der Waals surface area contributed by atoms with Crippen molar-refractivity contribution >= 4 is 5.78 Å². The molecule has 0 saturated carbocycles. The van der Waals surface area contributed by atoms with Crippen LogP contribution in [0.15, 0.2) is 0 Å². The van der Waals surface area contributed by atoms with Crippen LogP contribution in [0.25, 0.3) is 0 Å². The number of rotatable bonds is 12. The Hall–Kier alpha value is 0.0335. The monoisotopic (exact) mass is 326 g/mol. The van der Waals surface area contributed by atoms with E-state index < -0.39 is 0 Å². The normalized spacial score (nSPS) is 9.35. The summed E-state index contributed by atoms with van der Waals surface area (Å²) in [5, 5.41) is 0. The van der Waals surface area contributed by atoms with Crippen molar-refractivity contribution < 1.29 is 21.3 Å². The maximum absolute atomic E-state index is 9.33. The summed E-state index contributed by atoms with van der Waals surface area (Å²) in [4.78, 5) is 9.33. The summed E-state index contributed by atoms with van der Waals surface area (Å²) in [5.41, 5.74) is 0. The fraction of sp³-hybridized carbons (Fsp3) is 0.833. The van der Waals surface area contributed by atoms with Crippen LogP contribution >= 0.6 is 0 Å². The van der Waals surface area contributed by atoms with Crippen molar-refractivity contribution in [1.29, 1.82) is 0 Å². The third kappa shape index (κ3) is 36.1. The van der Waals surface area contributed by atoms with E-state index in [9.17, 15) is 4.79 Å². The van der Waals surface area contributed by atoms with Crippen molar-refractivity contribution in [3.8, 4) is 0 Å². The zero-order chi connectivity index (χ0) is 14.8. The molecule has 0 rings (SSSR count). The number of hydrogen-bond donors (Lipinski definition) is 0. The molecule has 0 saturated heterocycles. The summed E-state index contributed by atoms with van der Waals surface area (Å²) in [5.74, 6) is -0.0833. The Balaban J connectivity index is -0.000000508. The molecule has 0 aromatic rings. The molecular formula is C18H36NiO. The van der Waals surface area contributed by atoms with Crippen LogP contribution in [0.1, 0.15) is 97.3 Å². The molecule has 0 aliphatic rings. The van der Waals surface area contributed by atoms with Gasteiger partial charge in [-0.15, -0.1) is 0 Å². The molecule has 1 nitrogen and oxygen atoms in total. The van der Waals surface area contributed by atoms with Gasteiger partial charge in [0, 0.05) is 0 Å². The van der Waals surface area contributed by atoms with Gasteiger partial charge in [0.1, 0.15) is 0 Å². The summed E-state index contributed by atoms with van der Waals surface area (Å²) < 4.78 is 0. The van der Waals surface area contributed by atoms with Gasteiger partial charge < -0.3 is 18.6 Å². The van der Waals surface area contributed by atoms with Gasteiger partial charge in [0.05, 0.1) is 0 Å². The summed E-state index contributed by atoms with van der Waals surface area (Å²) in [6, 6.07) is 0. The first-order valence-corrected chi connectivity index (χ1v) is 8.26. The standard InChI is InChI=1S/C15H31.C3H5O.Ni/c1-3-5-7-9-11-13-15-14-12-10-8-6-4-2;1-3(2)4;/h1,3-15H2,2H3;1H2,2H3;/q2*-1;+2. The Morgan fingerprint density at radius 1 is 0.750 bits per heavy atom. The minimum Gasteiger partial charge on any atom is -0.343 e. The first-order valence-electron chi connectivity index (χ1n) is 8.26. The quantitative estimate of drug-likeness (QED) is 0.233. The predicted molar refractivity (Wildman–Crippen MR) is 87.1 cm³/mol. The van der Waals surface area contributed by atoms with E-state index in [1.807, 2.05) is 0 Å². The zero-order valence-electron chi connectivity index (χ0n) is 13.8. The molecule has 0 N–H and O–H groups in total. The first-order chi connectivity index (χ1) is 9.15. The maximum Gasteiger partial charge on any atom is 2.00 e. The van der Waals surface area contributed by atoms with Crippen molar-refractivity contribution in [2.45, 2.75) is 97.3 Å². The molecule has 0 aromatic heterocycles. The van der Waals surface area contributed by atoms with Crippen molar-refractivity contribution in [2.24, 2.45) is 0 Å². The number of carbonyl (C=O) groups is 1. The fourth-order valence-corrected chi connectivity index (χ4v) is 2.02. The van der Waals surface area contributed by atoms with Gasteiger partial charge in [-0.25, -0.2) is 0 Å². The van der Waals surface area contributed by atoms with Crippen molar-refractivity contribution in [2.75, 3.05) is 0 Å². The molecule has 0 aromatic carbocycles. The van der Waals surface area contributed by atoms with Crippen LogP contribution in [0, 0.1) is 13.8 Å². The molecule has 0 aliphatic heterocycles. The van der Waals surface area contributed by atoms with Gasteiger partial charge in [-0.05, 0) is 12.7 Å². The fourth-order valence-electron chi connectivity index (χ4n) is 2.02. The van der Waals surface area contributed by atoms with Crippen LogP contribution in [0.3, 0.4) is 0 Å². The van der Waals surface area contributed by atoms with Gasteiger partial charge in [-0.3, -0.25) is 0 Å². The van der Waals surface area contributed by atoms with E-state index in [1.165, 1.54) is 84.0 Å². The molecule has 0 atom stereocenters. The summed E-state index contributed by atoms with van der Waals surface area (Å²) in [7, 11) is 0. The largest absolute Gasteiger partial charge is 2.00 e. The first kappa shape index (κ1) is 25.0. The SMILES string of the molecule is [CH2-]C(C)=O.[CH2-]CCCCCCCCCCCCCC.[Ni+2]. The van der Waals surface area contributed by atoms with E-state index in [2.05, 4.69) is 20.8 Å². The molecule has 0 heterocycles. The Labute approximate surface area is 138 Å². The second kappa shape index (κ2) is 24.1.